The van der Waals surface area contributed by atoms with Crippen molar-refractivity contribution < 1.29 is 4.79 Å². The lowest BCUT2D eigenvalue weighted by Gasteiger charge is -2.14. The van der Waals surface area contributed by atoms with Gasteiger partial charge in [0.05, 0.1) is 11.3 Å². The van der Waals surface area contributed by atoms with Crippen molar-refractivity contribution in [1.29, 1.82) is 0 Å². The van der Waals surface area contributed by atoms with Gasteiger partial charge in [-0.25, -0.2) is 4.98 Å². The fourth-order valence-electron chi connectivity index (χ4n) is 3.09. The second-order valence-electron chi connectivity index (χ2n) is 5.57. The molecule has 1 amide bonds. The Morgan fingerprint density at radius 3 is 2.65 bits per heavy atom. The van der Waals surface area contributed by atoms with E-state index in [-0.39, 0.29) is 5.91 Å². The number of nitrogen functional groups attached to an aromatic ring is 1. The molecule has 4 N–H and O–H groups in total. The van der Waals surface area contributed by atoms with E-state index in [0.29, 0.717) is 12.4 Å². The Kier molecular flexibility index (Phi) is 3.12. The molecule has 1 aliphatic rings. The van der Waals surface area contributed by atoms with Crippen LogP contribution in [-0.2, 0) is 6.42 Å². The molecule has 3 heterocycles. The number of nitrogens with one attached hydrogen (secondary N) is 2. The molecule has 0 fully saturated rings. The number of amides is 1. The van der Waals surface area contributed by atoms with Crippen molar-refractivity contribution in [3.63, 3.8) is 0 Å². The van der Waals surface area contributed by atoms with Crippen LogP contribution in [-0.4, -0.2) is 22.4 Å². The van der Waals surface area contributed by atoms with Crippen LogP contribution in [0.15, 0.2) is 48.7 Å². The summed E-state index contributed by atoms with van der Waals surface area (Å²) < 4.78 is 0. The molecule has 0 radical (unpaired) electrons. The number of fused-ring (bicyclic) bond motifs is 1. The first-order chi connectivity index (χ1) is 11.2. The van der Waals surface area contributed by atoms with E-state index >= 15 is 0 Å². The highest BCUT2D eigenvalue weighted by molar-refractivity contribution is 6.06. The van der Waals surface area contributed by atoms with Gasteiger partial charge >= 0.3 is 0 Å². The highest BCUT2D eigenvalue weighted by atomic mass is 16.1. The predicted octanol–water partition coefficient (Wildman–Crippen LogP) is 2.61. The van der Waals surface area contributed by atoms with Crippen molar-refractivity contribution in [3.8, 4) is 22.4 Å². The number of anilines is 1. The molecule has 5 nitrogen and oxygen atoms in total. The predicted molar refractivity (Wildman–Crippen MR) is 89.9 cm³/mol. The first-order valence-electron chi connectivity index (χ1n) is 7.54. The maximum Gasteiger partial charge on any atom is 0.253 e. The van der Waals surface area contributed by atoms with Crippen molar-refractivity contribution >= 4 is 11.7 Å². The average Bonchev–Trinajstić information content (AvgIpc) is 2.97. The molecule has 4 rings (SSSR count). The van der Waals surface area contributed by atoms with Gasteiger partial charge < -0.3 is 16.0 Å². The Bertz CT molecular complexity index is 883. The van der Waals surface area contributed by atoms with Gasteiger partial charge in [-0.05, 0) is 17.7 Å². The van der Waals surface area contributed by atoms with Crippen molar-refractivity contribution in [1.82, 2.24) is 15.3 Å². The van der Waals surface area contributed by atoms with Gasteiger partial charge in [-0.15, -0.1) is 0 Å². The first-order valence-corrected chi connectivity index (χ1v) is 7.54. The molecular formula is C18H16N4O. The maximum atomic E-state index is 12.4. The third-order valence-electron chi connectivity index (χ3n) is 4.10. The van der Waals surface area contributed by atoms with Crippen molar-refractivity contribution in [2.45, 2.75) is 6.42 Å². The van der Waals surface area contributed by atoms with Gasteiger partial charge in [0.1, 0.15) is 5.82 Å². The number of pyridine rings is 1. The number of hydrogen-bond acceptors (Lipinski definition) is 3. The second-order valence-corrected chi connectivity index (χ2v) is 5.57. The summed E-state index contributed by atoms with van der Waals surface area (Å²) in [7, 11) is 0. The molecule has 2 aromatic heterocycles. The lowest BCUT2D eigenvalue weighted by atomic mass is 9.95. The summed E-state index contributed by atoms with van der Waals surface area (Å²) >= 11 is 0. The van der Waals surface area contributed by atoms with E-state index < -0.39 is 0 Å². The molecule has 114 valence electrons. The number of benzene rings is 1. The van der Waals surface area contributed by atoms with Crippen LogP contribution in [0, 0.1) is 0 Å². The zero-order chi connectivity index (χ0) is 15.8. The van der Waals surface area contributed by atoms with E-state index in [0.717, 1.165) is 40.1 Å². The van der Waals surface area contributed by atoms with Gasteiger partial charge in [0.25, 0.3) is 5.91 Å². The summed E-state index contributed by atoms with van der Waals surface area (Å²) in [4.78, 5) is 19.9. The Morgan fingerprint density at radius 2 is 1.87 bits per heavy atom. The van der Waals surface area contributed by atoms with Crippen LogP contribution < -0.4 is 11.1 Å². The SMILES string of the molecule is Nc1cc(-c2[nH]c3c(c2-c2ccccc2)C(=O)NCC3)ccn1. The zero-order valence-corrected chi connectivity index (χ0v) is 12.5. The monoisotopic (exact) mass is 304 g/mol. The largest absolute Gasteiger partial charge is 0.384 e. The summed E-state index contributed by atoms with van der Waals surface area (Å²) in [5, 5.41) is 2.93. The zero-order valence-electron chi connectivity index (χ0n) is 12.5. The molecule has 0 bridgehead atoms. The van der Waals surface area contributed by atoms with Crippen LogP contribution in [0.5, 0.6) is 0 Å². The topological polar surface area (TPSA) is 83.8 Å². The lowest BCUT2D eigenvalue weighted by Crippen LogP contribution is -2.31. The number of carbonyl (C=O) groups is 1. The Hall–Kier alpha value is -3.08. The minimum absolute atomic E-state index is 0.0327. The normalized spacial score (nSPS) is 13.5. The quantitative estimate of drug-likeness (QED) is 0.680. The van der Waals surface area contributed by atoms with Gasteiger partial charge in [0, 0.05) is 36.0 Å². The highest BCUT2D eigenvalue weighted by Gasteiger charge is 2.27. The summed E-state index contributed by atoms with van der Waals surface area (Å²) in [6.45, 7) is 0.651. The average molecular weight is 304 g/mol. The first kappa shape index (κ1) is 13.6. The van der Waals surface area contributed by atoms with Crippen LogP contribution in [0.1, 0.15) is 16.1 Å². The minimum Gasteiger partial charge on any atom is -0.384 e. The molecule has 3 aromatic rings. The molecule has 0 aliphatic carbocycles. The third kappa shape index (κ3) is 2.26. The Morgan fingerprint density at radius 1 is 1.04 bits per heavy atom. The number of aromatic nitrogens is 2. The van der Waals surface area contributed by atoms with Crippen LogP contribution in [0.25, 0.3) is 22.4 Å². The highest BCUT2D eigenvalue weighted by Crippen LogP contribution is 2.38. The molecular weight excluding hydrogens is 288 g/mol. The van der Waals surface area contributed by atoms with Crippen LogP contribution in [0.4, 0.5) is 5.82 Å². The minimum atomic E-state index is -0.0327. The molecule has 1 aromatic carbocycles. The molecule has 1 aliphatic heterocycles. The summed E-state index contributed by atoms with van der Waals surface area (Å²) in [6, 6.07) is 13.7. The van der Waals surface area contributed by atoms with Crippen LogP contribution >= 0.6 is 0 Å². The number of hydrogen-bond donors (Lipinski definition) is 3. The number of aromatic amines is 1. The fraction of sp³-hybridized carbons (Fsp3) is 0.111. The molecule has 23 heavy (non-hydrogen) atoms. The molecule has 0 atom stereocenters. The van der Waals surface area contributed by atoms with E-state index in [1.165, 1.54) is 0 Å². The third-order valence-corrected chi connectivity index (χ3v) is 4.10. The summed E-state index contributed by atoms with van der Waals surface area (Å²) in [5.41, 5.74) is 11.3. The van der Waals surface area contributed by atoms with Crippen molar-refractivity contribution in [3.05, 3.63) is 59.9 Å². The van der Waals surface area contributed by atoms with E-state index in [9.17, 15) is 4.79 Å². The van der Waals surface area contributed by atoms with Crippen molar-refractivity contribution in [2.24, 2.45) is 0 Å². The number of nitrogens with two attached hydrogens (primary N) is 1. The summed E-state index contributed by atoms with van der Waals surface area (Å²) in [5.74, 6) is 0.424. The number of carbonyl (C=O) groups excluding carboxylic acids is 1. The fourth-order valence-corrected chi connectivity index (χ4v) is 3.09. The molecule has 0 spiro atoms. The number of nitrogens with zero attached hydrogens (tertiary/aromatic N) is 1. The van der Waals surface area contributed by atoms with Crippen LogP contribution in [0.2, 0.25) is 0 Å². The molecule has 0 saturated carbocycles. The number of H-pyrrole nitrogens is 1. The maximum absolute atomic E-state index is 12.4. The van der Waals surface area contributed by atoms with Gasteiger partial charge in [-0.1, -0.05) is 30.3 Å². The van der Waals surface area contributed by atoms with E-state index in [4.69, 9.17) is 5.73 Å². The Labute approximate surface area is 133 Å². The van der Waals surface area contributed by atoms with Gasteiger partial charge in [0.2, 0.25) is 0 Å². The number of rotatable bonds is 2. The molecule has 5 heteroatoms. The van der Waals surface area contributed by atoms with E-state index in [1.807, 2.05) is 42.5 Å². The summed E-state index contributed by atoms with van der Waals surface area (Å²) in [6.07, 6.45) is 2.47. The van der Waals surface area contributed by atoms with E-state index in [2.05, 4.69) is 15.3 Å². The van der Waals surface area contributed by atoms with Gasteiger partial charge in [-0.2, -0.15) is 0 Å². The van der Waals surface area contributed by atoms with Gasteiger partial charge in [0.15, 0.2) is 0 Å². The molecule has 0 saturated heterocycles. The van der Waals surface area contributed by atoms with Crippen molar-refractivity contribution in [2.75, 3.05) is 12.3 Å². The Balaban J connectivity index is 2.01. The van der Waals surface area contributed by atoms with Gasteiger partial charge in [-0.3, -0.25) is 4.79 Å². The lowest BCUT2D eigenvalue weighted by molar-refractivity contribution is 0.0946. The second kappa shape index (κ2) is 5.28. The standard InChI is InChI=1S/C18H16N4O/c19-14-10-12(6-8-20-14)17-15(11-4-2-1-3-5-11)16-13(22-17)7-9-21-18(16)23/h1-6,8,10,22H,7,9H2,(H2,19,20)(H,21,23). The van der Waals surface area contributed by atoms with Crippen LogP contribution in [0.3, 0.4) is 0 Å². The molecule has 0 unspecified atom stereocenters. The smallest absolute Gasteiger partial charge is 0.253 e. The van der Waals surface area contributed by atoms with E-state index in [1.54, 1.807) is 6.20 Å².